The van der Waals surface area contributed by atoms with Gasteiger partial charge in [0.1, 0.15) is 17.7 Å². The van der Waals surface area contributed by atoms with E-state index in [2.05, 4.69) is 10.1 Å². The van der Waals surface area contributed by atoms with Gasteiger partial charge in [-0.25, -0.2) is 19.3 Å². The zero-order valence-electron chi connectivity index (χ0n) is 14.3. The molecule has 23 heavy (non-hydrogen) atoms. The van der Waals surface area contributed by atoms with Crippen molar-refractivity contribution in [2.45, 2.75) is 65.6 Å². The first-order chi connectivity index (χ1) is 10.4. The number of amides is 3. The number of carbonyl (C=O) groups is 4. The number of esters is 1. The maximum Gasteiger partial charge on any atom is 0.425 e. The second-order valence-electron chi connectivity index (χ2n) is 6.91. The summed E-state index contributed by atoms with van der Waals surface area (Å²) >= 11 is 0. The number of rotatable bonds is 4. The lowest BCUT2D eigenvalue weighted by Gasteiger charge is -2.25. The quantitative estimate of drug-likeness (QED) is 0.624. The lowest BCUT2D eigenvalue weighted by molar-refractivity contribution is -0.139. The van der Waals surface area contributed by atoms with Crippen LogP contribution in [-0.4, -0.2) is 46.6 Å². The van der Waals surface area contributed by atoms with Crippen LogP contribution < -0.4 is 5.32 Å². The molecule has 0 bridgehead atoms. The summed E-state index contributed by atoms with van der Waals surface area (Å²) in [5.74, 6) is -1.37. The standard InChI is InChI=1S/C15H24N2O6/c1-8(2)7-10-12(19)22-14(21)17(10)11(18)9(3)16-13(20)23-15(4,5)6/h8-10H,7H2,1-6H3,(H,16,20)/t9-,10-/m0/s1. The van der Waals surface area contributed by atoms with Gasteiger partial charge in [0.15, 0.2) is 0 Å². The van der Waals surface area contributed by atoms with Crippen LogP contribution in [0.4, 0.5) is 9.59 Å². The third-order valence-corrected chi connectivity index (χ3v) is 3.00. The van der Waals surface area contributed by atoms with Crippen LogP contribution in [0.1, 0.15) is 48.0 Å². The van der Waals surface area contributed by atoms with Gasteiger partial charge in [0.05, 0.1) is 0 Å². The van der Waals surface area contributed by atoms with Gasteiger partial charge in [0.2, 0.25) is 0 Å². The van der Waals surface area contributed by atoms with Crippen molar-refractivity contribution in [1.29, 1.82) is 0 Å². The summed E-state index contributed by atoms with van der Waals surface area (Å²) in [6, 6.07) is -1.99. The zero-order valence-corrected chi connectivity index (χ0v) is 14.3. The summed E-state index contributed by atoms with van der Waals surface area (Å²) in [6.07, 6.45) is -1.49. The first kappa shape index (κ1) is 18.9. The Hall–Kier alpha value is -2.12. The van der Waals surface area contributed by atoms with E-state index in [0.29, 0.717) is 6.42 Å². The van der Waals surface area contributed by atoms with Gasteiger partial charge in [-0.1, -0.05) is 13.8 Å². The van der Waals surface area contributed by atoms with Crippen LogP contribution in [0.25, 0.3) is 0 Å². The van der Waals surface area contributed by atoms with Crippen LogP contribution in [0, 0.1) is 5.92 Å². The molecule has 0 aromatic carbocycles. The summed E-state index contributed by atoms with van der Waals surface area (Å²) < 4.78 is 9.58. The van der Waals surface area contributed by atoms with Gasteiger partial charge in [-0.05, 0) is 40.0 Å². The summed E-state index contributed by atoms with van der Waals surface area (Å²) in [7, 11) is 0. The number of hydrogen-bond donors (Lipinski definition) is 1. The Balaban J connectivity index is 2.79. The predicted octanol–water partition coefficient (Wildman–Crippen LogP) is 1.82. The number of nitrogens with zero attached hydrogens (tertiary/aromatic N) is 1. The van der Waals surface area contributed by atoms with Gasteiger partial charge >= 0.3 is 18.2 Å². The van der Waals surface area contributed by atoms with E-state index < -0.39 is 41.7 Å². The Morgan fingerprint density at radius 3 is 2.30 bits per heavy atom. The molecule has 1 rings (SSSR count). The molecule has 1 fully saturated rings. The highest BCUT2D eigenvalue weighted by Crippen LogP contribution is 2.21. The molecule has 0 aliphatic carbocycles. The normalized spacial score (nSPS) is 19.6. The minimum Gasteiger partial charge on any atom is -0.444 e. The Labute approximate surface area is 135 Å². The molecule has 0 spiro atoms. The molecule has 8 nitrogen and oxygen atoms in total. The fourth-order valence-corrected chi connectivity index (χ4v) is 2.08. The molecule has 3 amide bonds. The summed E-state index contributed by atoms with van der Waals surface area (Å²) in [5.41, 5.74) is -0.713. The zero-order chi connectivity index (χ0) is 17.9. The number of hydrogen-bond acceptors (Lipinski definition) is 6. The molecule has 0 saturated carbocycles. The van der Waals surface area contributed by atoms with E-state index in [4.69, 9.17) is 4.74 Å². The molecule has 8 heteroatoms. The van der Waals surface area contributed by atoms with E-state index in [1.165, 1.54) is 6.92 Å². The molecule has 2 atom stereocenters. The molecule has 0 aromatic rings. The van der Waals surface area contributed by atoms with Crippen molar-refractivity contribution in [1.82, 2.24) is 10.2 Å². The highest BCUT2D eigenvalue weighted by Gasteiger charge is 2.46. The van der Waals surface area contributed by atoms with Gasteiger partial charge in [0.25, 0.3) is 5.91 Å². The predicted molar refractivity (Wildman–Crippen MR) is 80.4 cm³/mol. The molecule has 130 valence electrons. The van der Waals surface area contributed by atoms with E-state index in [0.717, 1.165) is 4.90 Å². The second kappa shape index (κ2) is 6.97. The number of cyclic esters (lactones) is 2. The van der Waals surface area contributed by atoms with Gasteiger partial charge in [-0.3, -0.25) is 4.79 Å². The number of alkyl carbamates (subject to hydrolysis) is 1. The van der Waals surface area contributed by atoms with Gasteiger partial charge in [0, 0.05) is 0 Å². The molecule has 0 radical (unpaired) electrons. The van der Waals surface area contributed by atoms with Crippen LogP contribution in [0.15, 0.2) is 0 Å². The highest BCUT2D eigenvalue weighted by molar-refractivity contribution is 6.07. The van der Waals surface area contributed by atoms with Gasteiger partial charge < -0.3 is 14.8 Å². The van der Waals surface area contributed by atoms with Crippen molar-refractivity contribution < 1.29 is 28.7 Å². The van der Waals surface area contributed by atoms with Crippen LogP contribution >= 0.6 is 0 Å². The largest absolute Gasteiger partial charge is 0.444 e. The van der Waals surface area contributed by atoms with Gasteiger partial charge in [-0.2, -0.15) is 0 Å². The summed E-state index contributed by atoms with van der Waals surface area (Å²) in [6.45, 7) is 10.2. The molecule has 1 aliphatic heterocycles. The molecule has 1 saturated heterocycles. The minimum absolute atomic E-state index is 0.0860. The van der Waals surface area contributed by atoms with Crippen molar-refractivity contribution in [3.05, 3.63) is 0 Å². The monoisotopic (exact) mass is 328 g/mol. The van der Waals surface area contributed by atoms with Crippen molar-refractivity contribution >= 4 is 24.1 Å². The molecule has 0 aromatic heterocycles. The van der Waals surface area contributed by atoms with Gasteiger partial charge in [-0.15, -0.1) is 0 Å². The molecular formula is C15H24N2O6. The molecule has 1 N–H and O–H groups in total. The second-order valence-corrected chi connectivity index (χ2v) is 6.91. The van der Waals surface area contributed by atoms with Crippen LogP contribution in [0.3, 0.4) is 0 Å². The van der Waals surface area contributed by atoms with E-state index in [1.807, 2.05) is 13.8 Å². The van der Waals surface area contributed by atoms with Crippen LogP contribution in [0.5, 0.6) is 0 Å². The number of imide groups is 1. The maximum atomic E-state index is 12.4. The van der Waals surface area contributed by atoms with E-state index >= 15 is 0 Å². The van der Waals surface area contributed by atoms with Crippen LogP contribution in [0.2, 0.25) is 0 Å². The third-order valence-electron chi connectivity index (χ3n) is 3.00. The number of carbonyl (C=O) groups excluding carboxylic acids is 4. The van der Waals surface area contributed by atoms with Crippen molar-refractivity contribution in [3.63, 3.8) is 0 Å². The Kier molecular flexibility index (Phi) is 5.74. The smallest absolute Gasteiger partial charge is 0.425 e. The summed E-state index contributed by atoms with van der Waals surface area (Å²) in [4.78, 5) is 48.3. The van der Waals surface area contributed by atoms with Crippen molar-refractivity contribution in [2.75, 3.05) is 0 Å². The maximum absolute atomic E-state index is 12.4. The lowest BCUT2D eigenvalue weighted by Crippen LogP contribution is -2.51. The fraction of sp³-hybridized carbons (Fsp3) is 0.733. The number of ether oxygens (including phenoxy) is 2. The van der Waals surface area contributed by atoms with E-state index in [9.17, 15) is 19.2 Å². The average molecular weight is 328 g/mol. The molecule has 0 unspecified atom stereocenters. The molecule has 1 heterocycles. The Morgan fingerprint density at radius 2 is 1.83 bits per heavy atom. The first-order valence-electron chi connectivity index (χ1n) is 7.50. The topological polar surface area (TPSA) is 102 Å². The number of nitrogens with one attached hydrogen (secondary N) is 1. The van der Waals surface area contributed by atoms with Crippen molar-refractivity contribution in [3.8, 4) is 0 Å². The minimum atomic E-state index is -1.03. The van der Waals surface area contributed by atoms with Crippen LogP contribution in [-0.2, 0) is 19.1 Å². The van der Waals surface area contributed by atoms with E-state index in [1.54, 1.807) is 20.8 Å². The first-order valence-corrected chi connectivity index (χ1v) is 7.50. The highest BCUT2D eigenvalue weighted by atomic mass is 16.6. The molecule has 1 aliphatic rings. The summed E-state index contributed by atoms with van der Waals surface area (Å²) in [5, 5.41) is 2.35. The molecular weight excluding hydrogens is 304 g/mol. The SMILES string of the molecule is CC(C)C[C@H]1C(=O)OC(=O)N1C(=O)[C@H](C)NC(=O)OC(C)(C)C. The average Bonchev–Trinajstić information content (AvgIpc) is 2.60. The van der Waals surface area contributed by atoms with E-state index in [-0.39, 0.29) is 5.92 Å². The Bertz CT molecular complexity index is 509. The Morgan fingerprint density at radius 1 is 1.26 bits per heavy atom. The fourth-order valence-electron chi connectivity index (χ4n) is 2.08. The van der Waals surface area contributed by atoms with Crippen molar-refractivity contribution in [2.24, 2.45) is 5.92 Å². The lowest BCUT2D eigenvalue weighted by atomic mass is 10.0. The third kappa shape index (κ3) is 5.22.